The van der Waals surface area contributed by atoms with Crippen molar-refractivity contribution in [1.82, 2.24) is 10.1 Å². The molecular weight excluding hydrogens is 188 g/mol. The maximum absolute atomic E-state index is 10.2. The molecule has 0 aliphatic rings. The molecule has 2 aromatic rings. The highest BCUT2D eigenvalue weighted by molar-refractivity contribution is 7.09. The Morgan fingerprint density at radius 1 is 1.62 bits per heavy atom. The van der Waals surface area contributed by atoms with Crippen molar-refractivity contribution in [3.05, 3.63) is 34.1 Å². The zero-order chi connectivity index (χ0) is 9.10. The summed E-state index contributed by atoms with van der Waals surface area (Å²) in [6.45, 7) is 0. The maximum Gasteiger partial charge on any atom is 0.290 e. The van der Waals surface area contributed by atoms with E-state index in [2.05, 4.69) is 14.7 Å². The third-order valence-corrected chi connectivity index (χ3v) is 2.37. The molecule has 0 atom stereocenters. The molecule has 0 fully saturated rings. The van der Waals surface area contributed by atoms with Gasteiger partial charge in [-0.05, 0) is 11.4 Å². The van der Waals surface area contributed by atoms with Gasteiger partial charge in [0.2, 0.25) is 6.29 Å². The number of aldehydes is 1. The van der Waals surface area contributed by atoms with Crippen molar-refractivity contribution in [3.8, 4) is 0 Å². The van der Waals surface area contributed by atoms with Crippen LogP contribution in [-0.4, -0.2) is 16.4 Å². The molecule has 0 amide bonds. The van der Waals surface area contributed by atoms with E-state index in [0.717, 1.165) is 4.88 Å². The maximum atomic E-state index is 10.2. The Morgan fingerprint density at radius 3 is 3.15 bits per heavy atom. The standard InChI is InChI=1S/C8H6N2O2S/c11-5-8-9-7(10-12-8)4-6-2-1-3-13-6/h1-3,5H,4H2. The number of rotatable bonds is 3. The summed E-state index contributed by atoms with van der Waals surface area (Å²) in [4.78, 5) is 15.2. The van der Waals surface area contributed by atoms with Crippen LogP contribution in [0.2, 0.25) is 0 Å². The molecule has 66 valence electrons. The molecule has 0 saturated carbocycles. The summed E-state index contributed by atoms with van der Waals surface area (Å²) >= 11 is 1.62. The van der Waals surface area contributed by atoms with Gasteiger partial charge in [-0.25, -0.2) is 0 Å². The molecule has 0 N–H and O–H groups in total. The van der Waals surface area contributed by atoms with Crippen LogP contribution in [0.5, 0.6) is 0 Å². The Balaban J connectivity index is 2.14. The van der Waals surface area contributed by atoms with Gasteiger partial charge in [0.15, 0.2) is 5.82 Å². The fourth-order valence-electron chi connectivity index (χ4n) is 0.956. The summed E-state index contributed by atoms with van der Waals surface area (Å²) in [7, 11) is 0. The van der Waals surface area contributed by atoms with E-state index in [1.807, 2.05) is 17.5 Å². The van der Waals surface area contributed by atoms with Gasteiger partial charge in [0.25, 0.3) is 5.89 Å². The third kappa shape index (κ3) is 1.81. The first-order valence-electron chi connectivity index (χ1n) is 3.68. The lowest BCUT2D eigenvalue weighted by Gasteiger charge is -1.86. The zero-order valence-electron chi connectivity index (χ0n) is 6.64. The fraction of sp³-hybridized carbons (Fsp3) is 0.125. The molecule has 0 spiro atoms. The normalized spacial score (nSPS) is 10.2. The summed E-state index contributed by atoms with van der Waals surface area (Å²) < 4.78 is 4.64. The van der Waals surface area contributed by atoms with E-state index in [1.165, 1.54) is 0 Å². The summed E-state index contributed by atoms with van der Waals surface area (Å²) in [5, 5.41) is 5.63. The molecule has 4 nitrogen and oxygen atoms in total. The lowest BCUT2D eigenvalue weighted by atomic mass is 10.3. The smallest absolute Gasteiger partial charge is 0.290 e. The minimum atomic E-state index is 0.0338. The van der Waals surface area contributed by atoms with Crippen LogP contribution in [0.4, 0.5) is 0 Å². The Bertz CT molecular complexity index is 394. The van der Waals surface area contributed by atoms with Crippen molar-refractivity contribution in [2.75, 3.05) is 0 Å². The fourth-order valence-corrected chi connectivity index (χ4v) is 1.66. The molecule has 0 saturated heterocycles. The highest BCUT2D eigenvalue weighted by Gasteiger charge is 2.05. The predicted molar refractivity (Wildman–Crippen MR) is 46.8 cm³/mol. The first kappa shape index (κ1) is 8.12. The molecule has 5 heteroatoms. The van der Waals surface area contributed by atoms with Gasteiger partial charge in [-0.3, -0.25) is 4.79 Å². The second kappa shape index (κ2) is 3.49. The molecule has 2 rings (SSSR count). The van der Waals surface area contributed by atoms with Crippen molar-refractivity contribution in [1.29, 1.82) is 0 Å². The monoisotopic (exact) mass is 194 g/mol. The molecule has 0 aliphatic heterocycles. The highest BCUT2D eigenvalue weighted by atomic mass is 32.1. The molecular formula is C8H6N2O2S. The summed E-state index contributed by atoms with van der Waals surface area (Å²) in [5.74, 6) is 0.580. The van der Waals surface area contributed by atoms with Crippen molar-refractivity contribution in [3.63, 3.8) is 0 Å². The molecule has 0 aliphatic carbocycles. The second-order valence-corrected chi connectivity index (χ2v) is 3.46. The van der Waals surface area contributed by atoms with Crippen LogP contribution in [0.15, 0.2) is 22.0 Å². The minimum absolute atomic E-state index is 0.0338. The van der Waals surface area contributed by atoms with Crippen LogP contribution >= 0.6 is 11.3 Å². The van der Waals surface area contributed by atoms with Crippen molar-refractivity contribution in [2.45, 2.75) is 6.42 Å². The predicted octanol–water partition coefficient (Wildman–Crippen LogP) is 1.53. The van der Waals surface area contributed by atoms with Gasteiger partial charge in [-0.2, -0.15) is 4.98 Å². The van der Waals surface area contributed by atoms with E-state index in [-0.39, 0.29) is 5.89 Å². The highest BCUT2D eigenvalue weighted by Crippen LogP contribution is 2.12. The number of aromatic nitrogens is 2. The van der Waals surface area contributed by atoms with Crippen LogP contribution in [-0.2, 0) is 6.42 Å². The van der Waals surface area contributed by atoms with Crippen LogP contribution in [0, 0.1) is 0 Å². The first-order chi connectivity index (χ1) is 6.38. The molecule has 13 heavy (non-hydrogen) atoms. The summed E-state index contributed by atoms with van der Waals surface area (Å²) in [6, 6.07) is 3.95. The van der Waals surface area contributed by atoms with Crippen molar-refractivity contribution in [2.24, 2.45) is 0 Å². The van der Waals surface area contributed by atoms with E-state index < -0.39 is 0 Å². The number of carbonyl (C=O) groups is 1. The molecule has 2 aromatic heterocycles. The largest absolute Gasteiger partial charge is 0.331 e. The number of thiophene rings is 1. The van der Waals surface area contributed by atoms with Crippen LogP contribution in [0.1, 0.15) is 21.4 Å². The Kier molecular flexibility index (Phi) is 2.18. The SMILES string of the molecule is O=Cc1nc(Cc2cccs2)no1. The van der Waals surface area contributed by atoms with Crippen molar-refractivity contribution >= 4 is 17.6 Å². The van der Waals surface area contributed by atoms with E-state index in [4.69, 9.17) is 0 Å². The van der Waals surface area contributed by atoms with Crippen molar-refractivity contribution < 1.29 is 9.32 Å². The van der Waals surface area contributed by atoms with Crippen LogP contribution in [0.3, 0.4) is 0 Å². The number of hydrogen-bond acceptors (Lipinski definition) is 5. The van der Waals surface area contributed by atoms with E-state index >= 15 is 0 Å². The van der Waals surface area contributed by atoms with Gasteiger partial charge in [-0.1, -0.05) is 11.2 Å². The Hall–Kier alpha value is -1.49. The lowest BCUT2D eigenvalue weighted by Crippen LogP contribution is -1.87. The topological polar surface area (TPSA) is 56.0 Å². The average molecular weight is 194 g/mol. The molecule has 0 radical (unpaired) electrons. The zero-order valence-corrected chi connectivity index (χ0v) is 7.45. The molecule has 0 unspecified atom stereocenters. The van der Waals surface area contributed by atoms with Crippen LogP contribution < -0.4 is 0 Å². The summed E-state index contributed by atoms with van der Waals surface area (Å²) in [5.41, 5.74) is 0. The van der Waals surface area contributed by atoms with E-state index in [0.29, 0.717) is 18.5 Å². The average Bonchev–Trinajstić information content (AvgIpc) is 2.76. The Labute approximate surface area is 78.2 Å². The second-order valence-electron chi connectivity index (χ2n) is 2.42. The van der Waals surface area contributed by atoms with E-state index in [1.54, 1.807) is 11.3 Å². The number of nitrogens with zero attached hydrogens (tertiary/aromatic N) is 2. The number of carbonyl (C=O) groups excluding carboxylic acids is 1. The molecule has 0 bridgehead atoms. The van der Waals surface area contributed by atoms with Gasteiger partial charge >= 0.3 is 0 Å². The van der Waals surface area contributed by atoms with Gasteiger partial charge in [-0.15, -0.1) is 11.3 Å². The van der Waals surface area contributed by atoms with Gasteiger partial charge in [0.1, 0.15) is 0 Å². The van der Waals surface area contributed by atoms with Gasteiger partial charge in [0.05, 0.1) is 0 Å². The molecule has 0 aromatic carbocycles. The van der Waals surface area contributed by atoms with Gasteiger partial charge in [0, 0.05) is 11.3 Å². The van der Waals surface area contributed by atoms with Gasteiger partial charge < -0.3 is 4.52 Å². The first-order valence-corrected chi connectivity index (χ1v) is 4.56. The summed E-state index contributed by atoms with van der Waals surface area (Å²) in [6.07, 6.45) is 1.17. The number of hydrogen-bond donors (Lipinski definition) is 0. The third-order valence-electron chi connectivity index (χ3n) is 1.50. The Morgan fingerprint density at radius 2 is 2.54 bits per heavy atom. The van der Waals surface area contributed by atoms with E-state index in [9.17, 15) is 4.79 Å². The quantitative estimate of drug-likeness (QED) is 0.695. The minimum Gasteiger partial charge on any atom is -0.331 e. The molecule has 2 heterocycles. The van der Waals surface area contributed by atoms with Crippen LogP contribution in [0.25, 0.3) is 0 Å². The lowest BCUT2D eigenvalue weighted by molar-refractivity contribution is 0.108.